The Labute approximate surface area is 116 Å². The summed E-state index contributed by atoms with van der Waals surface area (Å²) in [6.07, 6.45) is 1.29. The van der Waals surface area contributed by atoms with Gasteiger partial charge in [-0.1, -0.05) is 17.7 Å². The molecule has 0 aliphatic heterocycles. The first kappa shape index (κ1) is 12.4. The Morgan fingerprint density at radius 2 is 2.24 bits per heavy atom. The Hall–Kier alpha value is -1.08. The molecule has 88 valence electrons. The largest absolute Gasteiger partial charge is 0.436 e. The number of halogens is 2. The summed E-state index contributed by atoms with van der Waals surface area (Å²) in [4.78, 5) is 17.8. The Bertz CT molecular complexity index is 613. The van der Waals surface area contributed by atoms with Gasteiger partial charge in [0, 0.05) is 0 Å². The predicted octanol–water partition coefficient (Wildman–Crippen LogP) is 3.13. The number of nitrogens with zero attached hydrogens (tertiary/aromatic N) is 1. The number of aryl methyl sites for hydroxylation is 1. The lowest BCUT2D eigenvalue weighted by atomic mass is 10.2. The van der Waals surface area contributed by atoms with E-state index in [2.05, 4.69) is 9.97 Å². The monoisotopic (exact) mass is 362 g/mol. The summed E-state index contributed by atoms with van der Waals surface area (Å²) >= 11 is 7.91. The molecule has 0 spiro atoms. The lowest BCUT2D eigenvalue weighted by Gasteiger charge is -2.07. The van der Waals surface area contributed by atoms with Gasteiger partial charge in [-0.25, -0.2) is 4.98 Å². The second-order valence-electron chi connectivity index (χ2n) is 3.39. The Morgan fingerprint density at radius 1 is 1.47 bits per heavy atom. The second-order valence-corrected chi connectivity index (χ2v) is 4.87. The molecule has 0 radical (unpaired) electrons. The van der Waals surface area contributed by atoms with Crippen LogP contribution >= 0.6 is 34.2 Å². The van der Waals surface area contributed by atoms with E-state index < -0.39 is 0 Å². The van der Waals surface area contributed by atoms with Crippen LogP contribution in [0.1, 0.15) is 5.56 Å². The zero-order chi connectivity index (χ0) is 12.4. The van der Waals surface area contributed by atoms with Gasteiger partial charge in [0.25, 0.3) is 5.56 Å². The molecule has 0 unspecified atom stereocenters. The third-order valence-corrected chi connectivity index (χ3v) is 3.31. The molecular formula is C11H8ClIN2O2. The van der Waals surface area contributed by atoms with Crippen molar-refractivity contribution in [1.29, 1.82) is 0 Å². The normalized spacial score (nSPS) is 10.3. The molecule has 2 aromatic rings. The third kappa shape index (κ3) is 2.78. The zero-order valence-electron chi connectivity index (χ0n) is 8.83. The maximum atomic E-state index is 11.4. The van der Waals surface area contributed by atoms with Crippen molar-refractivity contribution in [3.8, 4) is 11.6 Å². The number of benzene rings is 1. The molecule has 17 heavy (non-hydrogen) atoms. The Balaban J connectivity index is 2.38. The molecule has 1 N–H and O–H groups in total. The van der Waals surface area contributed by atoms with Gasteiger partial charge in [0.1, 0.15) is 9.32 Å². The summed E-state index contributed by atoms with van der Waals surface area (Å²) < 4.78 is 5.90. The number of ether oxygens (including phenoxy) is 1. The van der Waals surface area contributed by atoms with Crippen LogP contribution in [0.25, 0.3) is 0 Å². The first-order valence-corrected chi connectivity index (χ1v) is 6.21. The molecule has 0 aliphatic carbocycles. The first-order valence-electron chi connectivity index (χ1n) is 4.75. The average Bonchev–Trinajstić information content (AvgIpc) is 2.28. The molecule has 0 bridgehead atoms. The number of hydrogen-bond donors (Lipinski definition) is 1. The SMILES string of the molecule is Cc1ccc(Oc2nc[nH]c(=O)c2I)c(Cl)c1. The fourth-order valence-electron chi connectivity index (χ4n) is 1.23. The van der Waals surface area contributed by atoms with Crippen molar-refractivity contribution < 1.29 is 4.74 Å². The number of aromatic nitrogens is 2. The van der Waals surface area contributed by atoms with Gasteiger partial charge in [0.15, 0.2) is 0 Å². The van der Waals surface area contributed by atoms with E-state index in [-0.39, 0.29) is 11.4 Å². The molecular weight excluding hydrogens is 354 g/mol. The topological polar surface area (TPSA) is 55.0 Å². The van der Waals surface area contributed by atoms with Crippen LogP contribution in [-0.4, -0.2) is 9.97 Å². The minimum absolute atomic E-state index is 0.237. The van der Waals surface area contributed by atoms with E-state index in [0.29, 0.717) is 14.3 Å². The van der Waals surface area contributed by atoms with Gasteiger partial charge in [0.2, 0.25) is 5.88 Å². The molecule has 0 saturated carbocycles. The van der Waals surface area contributed by atoms with E-state index in [1.165, 1.54) is 6.33 Å². The van der Waals surface area contributed by atoms with Crippen molar-refractivity contribution in [2.24, 2.45) is 0 Å². The molecule has 0 fully saturated rings. The van der Waals surface area contributed by atoms with Crippen molar-refractivity contribution in [1.82, 2.24) is 9.97 Å². The molecule has 2 rings (SSSR count). The Kier molecular flexibility index (Phi) is 3.68. The molecule has 6 heteroatoms. The van der Waals surface area contributed by atoms with E-state index in [9.17, 15) is 4.79 Å². The van der Waals surface area contributed by atoms with Gasteiger partial charge < -0.3 is 9.72 Å². The molecule has 1 aromatic carbocycles. The van der Waals surface area contributed by atoms with Crippen molar-refractivity contribution >= 4 is 34.2 Å². The van der Waals surface area contributed by atoms with Crippen LogP contribution in [0.3, 0.4) is 0 Å². The quantitative estimate of drug-likeness (QED) is 0.835. The van der Waals surface area contributed by atoms with E-state index in [1.54, 1.807) is 12.1 Å². The van der Waals surface area contributed by atoms with Crippen molar-refractivity contribution in [3.63, 3.8) is 0 Å². The molecule has 0 aliphatic rings. The number of rotatable bonds is 2. The van der Waals surface area contributed by atoms with Gasteiger partial charge in [-0.05, 0) is 47.2 Å². The minimum atomic E-state index is -0.237. The number of H-pyrrole nitrogens is 1. The van der Waals surface area contributed by atoms with Gasteiger partial charge in [-0.3, -0.25) is 4.79 Å². The van der Waals surface area contributed by atoms with Gasteiger partial charge in [-0.2, -0.15) is 0 Å². The first-order chi connectivity index (χ1) is 8.08. The van der Waals surface area contributed by atoms with E-state index >= 15 is 0 Å². The van der Waals surface area contributed by atoms with Crippen molar-refractivity contribution in [2.75, 3.05) is 0 Å². The number of nitrogens with one attached hydrogen (secondary N) is 1. The molecule has 1 heterocycles. The second kappa shape index (κ2) is 5.05. The lowest BCUT2D eigenvalue weighted by molar-refractivity contribution is 0.456. The molecule has 0 amide bonds. The zero-order valence-corrected chi connectivity index (χ0v) is 11.7. The summed E-state index contributed by atoms with van der Waals surface area (Å²) in [7, 11) is 0. The van der Waals surface area contributed by atoms with Crippen molar-refractivity contribution in [2.45, 2.75) is 6.92 Å². The average molecular weight is 363 g/mol. The van der Waals surface area contributed by atoms with Crippen molar-refractivity contribution in [3.05, 3.63) is 49.0 Å². The summed E-state index contributed by atoms with van der Waals surface area (Å²) in [5.41, 5.74) is 0.801. The summed E-state index contributed by atoms with van der Waals surface area (Å²) in [6.45, 7) is 1.94. The number of aromatic amines is 1. The third-order valence-electron chi connectivity index (χ3n) is 2.06. The van der Waals surface area contributed by atoms with Gasteiger partial charge >= 0.3 is 0 Å². The Morgan fingerprint density at radius 3 is 2.94 bits per heavy atom. The smallest absolute Gasteiger partial charge is 0.268 e. The summed E-state index contributed by atoms with van der Waals surface area (Å²) in [5.74, 6) is 0.730. The van der Waals surface area contributed by atoms with Crippen LogP contribution < -0.4 is 10.3 Å². The highest BCUT2D eigenvalue weighted by atomic mass is 127. The maximum Gasteiger partial charge on any atom is 0.268 e. The van der Waals surface area contributed by atoms with E-state index in [4.69, 9.17) is 16.3 Å². The van der Waals surface area contributed by atoms with Crippen LogP contribution in [0.15, 0.2) is 29.3 Å². The predicted molar refractivity (Wildman–Crippen MR) is 73.8 cm³/mol. The van der Waals surface area contributed by atoms with Gasteiger partial charge in [0.05, 0.1) is 11.3 Å². The standard InChI is InChI=1S/C11H8ClIN2O2/c1-6-2-3-8(7(12)4-6)17-11-9(13)10(16)14-5-15-11/h2-5H,1H3,(H,14,15,16). The van der Waals surface area contributed by atoms with Crippen LogP contribution in [0.5, 0.6) is 11.6 Å². The highest BCUT2D eigenvalue weighted by Crippen LogP contribution is 2.29. The van der Waals surface area contributed by atoms with Crippen LogP contribution in [-0.2, 0) is 0 Å². The highest BCUT2D eigenvalue weighted by molar-refractivity contribution is 14.1. The maximum absolute atomic E-state index is 11.4. The number of hydrogen-bond acceptors (Lipinski definition) is 3. The fourth-order valence-corrected chi connectivity index (χ4v) is 1.91. The van der Waals surface area contributed by atoms with Crippen LogP contribution in [0.2, 0.25) is 5.02 Å². The van der Waals surface area contributed by atoms with E-state index in [1.807, 2.05) is 35.6 Å². The molecule has 0 atom stereocenters. The fraction of sp³-hybridized carbons (Fsp3) is 0.0909. The van der Waals surface area contributed by atoms with Gasteiger partial charge in [-0.15, -0.1) is 0 Å². The van der Waals surface area contributed by atoms with E-state index in [0.717, 1.165) is 5.56 Å². The highest BCUT2D eigenvalue weighted by Gasteiger charge is 2.09. The summed E-state index contributed by atoms with van der Waals surface area (Å²) in [6, 6.07) is 5.41. The van der Waals surface area contributed by atoms with Crippen LogP contribution in [0, 0.1) is 10.5 Å². The van der Waals surface area contributed by atoms with Crippen LogP contribution in [0.4, 0.5) is 0 Å². The molecule has 1 aromatic heterocycles. The molecule has 0 saturated heterocycles. The minimum Gasteiger partial charge on any atom is -0.436 e. The lowest BCUT2D eigenvalue weighted by Crippen LogP contribution is -2.11. The molecule has 4 nitrogen and oxygen atoms in total. The summed E-state index contributed by atoms with van der Waals surface area (Å²) in [5, 5.41) is 0.489.